The Kier molecular flexibility index (Phi) is 3.86. The van der Waals surface area contributed by atoms with E-state index in [2.05, 4.69) is 25.3 Å². The summed E-state index contributed by atoms with van der Waals surface area (Å²) in [5, 5.41) is 1.20. The molecular weight excluding hydrogens is 188 g/mol. The van der Waals surface area contributed by atoms with E-state index in [1.807, 2.05) is 36.5 Å². The predicted octanol–water partition coefficient (Wildman–Crippen LogP) is 2.33. The summed E-state index contributed by atoms with van der Waals surface area (Å²) in [6, 6.07) is 10.2. The highest BCUT2D eigenvalue weighted by Crippen LogP contribution is 2.08. The Bertz CT molecular complexity index is 297. The molecule has 74 valence electrons. The van der Waals surface area contributed by atoms with Crippen LogP contribution in [0.4, 0.5) is 0 Å². The van der Waals surface area contributed by atoms with Gasteiger partial charge in [0.05, 0.1) is 0 Å². The van der Waals surface area contributed by atoms with Crippen LogP contribution in [0.1, 0.15) is 6.92 Å². The highest BCUT2D eigenvalue weighted by molar-refractivity contribution is 6.94. The summed E-state index contributed by atoms with van der Waals surface area (Å²) < 4.78 is 5.82. The topological polar surface area (TPSA) is 9.23 Å². The van der Waals surface area contributed by atoms with Crippen molar-refractivity contribution in [3.05, 3.63) is 54.9 Å². The van der Waals surface area contributed by atoms with Crippen LogP contribution in [-0.2, 0) is 4.43 Å². The van der Waals surface area contributed by atoms with Crippen molar-refractivity contribution in [2.75, 3.05) is 6.61 Å². The third-order valence-corrected chi connectivity index (χ3v) is 5.43. The molecule has 2 heteroatoms. The van der Waals surface area contributed by atoms with Gasteiger partial charge in [-0.2, -0.15) is 0 Å². The van der Waals surface area contributed by atoms with E-state index in [1.54, 1.807) is 0 Å². The summed E-state index contributed by atoms with van der Waals surface area (Å²) >= 11 is 0. The van der Waals surface area contributed by atoms with Gasteiger partial charge in [0, 0.05) is 6.61 Å². The van der Waals surface area contributed by atoms with Crippen molar-refractivity contribution in [1.29, 1.82) is 0 Å². The van der Waals surface area contributed by atoms with Crippen LogP contribution in [0.2, 0.25) is 0 Å². The minimum Gasteiger partial charge on any atom is -0.405 e. The highest BCUT2D eigenvalue weighted by Gasteiger charge is 2.29. The molecule has 1 rings (SSSR count). The van der Waals surface area contributed by atoms with Gasteiger partial charge in [0.25, 0.3) is 8.32 Å². The van der Waals surface area contributed by atoms with E-state index in [0.717, 1.165) is 0 Å². The molecule has 0 unspecified atom stereocenters. The standard InChI is InChI=1S/C12H16OSi/c1-4-13-14(5-2,6-3)12-10-8-7-9-11-12/h5-11H,2-4H2,1H3. The van der Waals surface area contributed by atoms with Gasteiger partial charge in [-0.15, -0.1) is 13.2 Å². The lowest BCUT2D eigenvalue weighted by Crippen LogP contribution is -2.47. The summed E-state index contributed by atoms with van der Waals surface area (Å²) in [6.07, 6.45) is 0. The molecule has 0 amide bonds. The Balaban J connectivity index is 3.10. The number of benzene rings is 1. The summed E-state index contributed by atoms with van der Waals surface area (Å²) in [7, 11) is -2.09. The molecule has 0 fully saturated rings. The lowest BCUT2D eigenvalue weighted by molar-refractivity contribution is 0.346. The summed E-state index contributed by atoms with van der Waals surface area (Å²) in [6.45, 7) is 10.4. The van der Waals surface area contributed by atoms with Gasteiger partial charge >= 0.3 is 0 Å². The van der Waals surface area contributed by atoms with Gasteiger partial charge in [0.15, 0.2) is 0 Å². The minimum absolute atomic E-state index is 0.694. The molecule has 0 heterocycles. The molecular formula is C12H16OSi. The van der Waals surface area contributed by atoms with E-state index in [4.69, 9.17) is 4.43 Å². The molecule has 1 nitrogen and oxygen atoms in total. The van der Waals surface area contributed by atoms with Crippen LogP contribution in [0.15, 0.2) is 54.9 Å². The molecule has 0 saturated carbocycles. The molecule has 1 aromatic rings. The summed E-state index contributed by atoms with van der Waals surface area (Å²) in [5.41, 5.74) is 3.83. The van der Waals surface area contributed by atoms with Crippen molar-refractivity contribution in [3.63, 3.8) is 0 Å². The van der Waals surface area contributed by atoms with Crippen molar-refractivity contribution in [3.8, 4) is 0 Å². The molecule has 0 radical (unpaired) electrons. The average Bonchev–Trinajstić information content (AvgIpc) is 2.27. The molecule has 0 bridgehead atoms. The number of hydrogen-bond acceptors (Lipinski definition) is 1. The highest BCUT2D eigenvalue weighted by atomic mass is 28.4. The lowest BCUT2D eigenvalue weighted by atomic mass is 10.4. The van der Waals surface area contributed by atoms with E-state index in [-0.39, 0.29) is 0 Å². The Morgan fingerprint density at radius 3 is 2.21 bits per heavy atom. The zero-order chi connectivity index (χ0) is 10.4. The Morgan fingerprint density at radius 1 is 1.21 bits per heavy atom. The van der Waals surface area contributed by atoms with Crippen LogP contribution in [0.25, 0.3) is 0 Å². The smallest absolute Gasteiger partial charge is 0.272 e. The second-order valence-corrected chi connectivity index (χ2v) is 6.27. The zero-order valence-electron chi connectivity index (χ0n) is 8.57. The van der Waals surface area contributed by atoms with Gasteiger partial charge in [0.2, 0.25) is 0 Å². The largest absolute Gasteiger partial charge is 0.405 e. The molecule has 0 aliphatic heterocycles. The summed E-state index contributed by atoms with van der Waals surface area (Å²) in [4.78, 5) is 0. The van der Waals surface area contributed by atoms with E-state index < -0.39 is 8.32 Å². The monoisotopic (exact) mass is 204 g/mol. The molecule has 14 heavy (non-hydrogen) atoms. The van der Waals surface area contributed by atoms with Crippen LogP contribution < -0.4 is 5.19 Å². The predicted molar refractivity (Wildman–Crippen MR) is 63.9 cm³/mol. The fourth-order valence-corrected chi connectivity index (χ4v) is 3.69. The van der Waals surface area contributed by atoms with E-state index in [1.165, 1.54) is 5.19 Å². The second-order valence-electron chi connectivity index (χ2n) is 3.00. The third kappa shape index (κ3) is 2.03. The van der Waals surface area contributed by atoms with Crippen molar-refractivity contribution < 1.29 is 4.43 Å². The molecule has 1 aromatic carbocycles. The molecule has 0 spiro atoms. The van der Waals surface area contributed by atoms with Crippen LogP contribution in [-0.4, -0.2) is 14.9 Å². The van der Waals surface area contributed by atoms with Crippen molar-refractivity contribution in [2.45, 2.75) is 6.92 Å². The van der Waals surface area contributed by atoms with Gasteiger partial charge in [0.1, 0.15) is 0 Å². The van der Waals surface area contributed by atoms with Crippen molar-refractivity contribution in [1.82, 2.24) is 0 Å². The first-order valence-corrected chi connectivity index (χ1v) is 6.82. The maximum atomic E-state index is 5.82. The van der Waals surface area contributed by atoms with E-state index >= 15 is 0 Å². The van der Waals surface area contributed by atoms with Crippen LogP contribution in [0, 0.1) is 0 Å². The quantitative estimate of drug-likeness (QED) is 0.669. The van der Waals surface area contributed by atoms with Gasteiger partial charge in [-0.25, -0.2) is 0 Å². The SMILES string of the molecule is C=C[Si](C=C)(OCC)c1ccccc1. The zero-order valence-corrected chi connectivity index (χ0v) is 9.57. The maximum Gasteiger partial charge on any atom is 0.272 e. The Hall–Kier alpha value is -1.12. The van der Waals surface area contributed by atoms with Crippen LogP contribution in [0.3, 0.4) is 0 Å². The second kappa shape index (κ2) is 4.93. The first kappa shape index (κ1) is 11.0. The Labute approximate surface area is 86.9 Å². The lowest BCUT2D eigenvalue weighted by Gasteiger charge is -2.23. The fourth-order valence-electron chi connectivity index (χ4n) is 1.46. The molecule has 0 saturated heterocycles. The van der Waals surface area contributed by atoms with Gasteiger partial charge in [-0.1, -0.05) is 41.7 Å². The first-order chi connectivity index (χ1) is 6.79. The van der Waals surface area contributed by atoms with Gasteiger partial charge in [-0.05, 0) is 12.1 Å². The summed E-state index contributed by atoms with van der Waals surface area (Å²) in [5.74, 6) is 0. The molecule has 0 atom stereocenters. The number of rotatable bonds is 5. The fraction of sp³-hybridized carbons (Fsp3) is 0.167. The van der Waals surface area contributed by atoms with Crippen LogP contribution >= 0.6 is 0 Å². The number of hydrogen-bond donors (Lipinski definition) is 0. The van der Waals surface area contributed by atoms with Crippen LogP contribution in [0.5, 0.6) is 0 Å². The van der Waals surface area contributed by atoms with Crippen molar-refractivity contribution >= 4 is 13.5 Å². The van der Waals surface area contributed by atoms with E-state index in [9.17, 15) is 0 Å². The molecule has 0 aliphatic carbocycles. The maximum absolute atomic E-state index is 5.82. The minimum atomic E-state index is -2.09. The first-order valence-electron chi connectivity index (χ1n) is 4.75. The molecule has 0 aliphatic rings. The molecule has 0 N–H and O–H groups in total. The van der Waals surface area contributed by atoms with Gasteiger partial charge < -0.3 is 4.43 Å². The molecule has 0 aromatic heterocycles. The van der Waals surface area contributed by atoms with Gasteiger partial charge in [-0.3, -0.25) is 0 Å². The van der Waals surface area contributed by atoms with E-state index in [0.29, 0.717) is 6.61 Å². The third-order valence-electron chi connectivity index (χ3n) is 2.21. The average molecular weight is 204 g/mol. The van der Waals surface area contributed by atoms with Crippen molar-refractivity contribution in [2.24, 2.45) is 0 Å². The Morgan fingerprint density at radius 2 is 1.79 bits per heavy atom. The normalized spacial score (nSPS) is 10.9.